The first kappa shape index (κ1) is 13.9. The molecule has 1 N–H and O–H groups in total. The SMILES string of the molecule is Cc1nc(CNC(=O)[C@H]2COc3ccccc3O2)sc1C. The van der Waals surface area contributed by atoms with Gasteiger partial charge in [-0.2, -0.15) is 0 Å². The minimum absolute atomic E-state index is 0.185. The van der Waals surface area contributed by atoms with Gasteiger partial charge in [0.05, 0.1) is 12.2 Å². The molecule has 1 aliphatic rings. The van der Waals surface area contributed by atoms with E-state index in [1.165, 1.54) is 4.88 Å². The second-order valence-corrected chi connectivity index (χ2v) is 6.12. The zero-order valence-corrected chi connectivity index (χ0v) is 12.7. The highest BCUT2D eigenvalue weighted by atomic mass is 32.1. The average Bonchev–Trinajstić information content (AvgIpc) is 2.83. The van der Waals surface area contributed by atoms with Crippen molar-refractivity contribution in [2.75, 3.05) is 6.61 Å². The van der Waals surface area contributed by atoms with Crippen LogP contribution in [0.2, 0.25) is 0 Å². The molecule has 2 aromatic rings. The van der Waals surface area contributed by atoms with Crippen LogP contribution in [0.3, 0.4) is 0 Å². The first-order valence-corrected chi connectivity index (χ1v) is 7.54. The molecule has 0 bridgehead atoms. The van der Waals surface area contributed by atoms with Crippen LogP contribution in [0.5, 0.6) is 11.5 Å². The summed E-state index contributed by atoms with van der Waals surface area (Å²) in [4.78, 5) is 17.7. The van der Waals surface area contributed by atoms with E-state index in [1.807, 2.05) is 32.0 Å². The van der Waals surface area contributed by atoms with Crippen molar-refractivity contribution in [3.05, 3.63) is 39.8 Å². The van der Waals surface area contributed by atoms with E-state index < -0.39 is 6.10 Å². The fourth-order valence-electron chi connectivity index (χ4n) is 2.04. The van der Waals surface area contributed by atoms with Gasteiger partial charge in [0, 0.05) is 4.88 Å². The standard InChI is InChI=1S/C15H16N2O3S/c1-9-10(2)21-14(17-9)7-16-15(18)13-8-19-11-5-3-4-6-12(11)20-13/h3-6,13H,7-8H2,1-2H3,(H,16,18)/t13-/m1/s1. The monoisotopic (exact) mass is 304 g/mol. The number of amides is 1. The molecular formula is C15H16N2O3S. The number of nitrogens with one attached hydrogen (secondary N) is 1. The fraction of sp³-hybridized carbons (Fsp3) is 0.333. The predicted octanol–water partition coefficient (Wildman–Crippen LogP) is 2.22. The average molecular weight is 304 g/mol. The largest absolute Gasteiger partial charge is 0.485 e. The Labute approximate surface area is 126 Å². The Hall–Kier alpha value is -2.08. The second-order valence-electron chi connectivity index (χ2n) is 4.83. The van der Waals surface area contributed by atoms with Crippen molar-refractivity contribution in [1.29, 1.82) is 0 Å². The molecule has 0 spiro atoms. The third-order valence-corrected chi connectivity index (χ3v) is 4.36. The Morgan fingerprint density at radius 1 is 1.38 bits per heavy atom. The van der Waals surface area contributed by atoms with Crippen molar-refractivity contribution in [2.45, 2.75) is 26.5 Å². The molecule has 1 amide bonds. The van der Waals surface area contributed by atoms with Crippen LogP contribution in [0.1, 0.15) is 15.6 Å². The lowest BCUT2D eigenvalue weighted by atomic mass is 10.2. The summed E-state index contributed by atoms with van der Waals surface area (Å²) >= 11 is 1.59. The van der Waals surface area contributed by atoms with Gasteiger partial charge in [0.2, 0.25) is 6.10 Å². The number of rotatable bonds is 3. The molecule has 0 fully saturated rings. The number of para-hydroxylation sites is 2. The molecule has 0 unspecified atom stereocenters. The molecule has 1 aromatic heterocycles. The summed E-state index contributed by atoms with van der Waals surface area (Å²) in [6.07, 6.45) is -0.623. The number of aromatic nitrogens is 1. The molecule has 0 saturated heterocycles. The number of hydrogen-bond acceptors (Lipinski definition) is 5. The first-order chi connectivity index (χ1) is 10.1. The van der Waals surface area contributed by atoms with E-state index in [4.69, 9.17) is 9.47 Å². The molecule has 110 valence electrons. The van der Waals surface area contributed by atoms with Crippen LogP contribution in [-0.4, -0.2) is 23.6 Å². The number of nitrogens with zero attached hydrogens (tertiary/aromatic N) is 1. The fourth-order valence-corrected chi connectivity index (χ4v) is 2.91. The molecule has 21 heavy (non-hydrogen) atoms. The van der Waals surface area contributed by atoms with Gasteiger partial charge in [0.15, 0.2) is 11.5 Å². The van der Waals surface area contributed by atoms with E-state index in [2.05, 4.69) is 10.3 Å². The number of thiazole rings is 1. The maximum absolute atomic E-state index is 12.1. The Morgan fingerprint density at radius 2 is 2.14 bits per heavy atom. The van der Waals surface area contributed by atoms with Gasteiger partial charge in [-0.3, -0.25) is 4.79 Å². The lowest BCUT2D eigenvalue weighted by Crippen LogP contribution is -2.43. The molecular weight excluding hydrogens is 288 g/mol. The molecule has 1 aromatic carbocycles. The highest BCUT2D eigenvalue weighted by Crippen LogP contribution is 2.30. The van der Waals surface area contributed by atoms with Crippen LogP contribution in [0.4, 0.5) is 0 Å². The smallest absolute Gasteiger partial charge is 0.265 e. The zero-order valence-electron chi connectivity index (χ0n) is 11.9. The molecule has 1 aliphatic heterocycles. The topological polar surface area (TPSA) is 60.5 Å². The summed E-state index contributed by atoms with van der Waals surface area (Å²) in [6.45, 7) is 4.62. The summed E-state index contributed by atoms with van der Waals surface area (Å²) in [6, 6.07) is 7.34. The quantitative estimate of drug-likeness (QED) is 0.944. The summed E-state index contributed by atoms with van der Waals surface area (Å²) in [5.41, 5.74) is 1.01. The van der Waals surface area contributed by atoms with E-state index in [9.17, 15) is 4.79 Å². The van der Waals surface area contributed by atoms with Gasteiger partial charge in [0.1, 0.15) is 11.6 Å². The Morgan fingerprint density at radius 3 is 2.86 bits per heavy atom. The molecule has 0 radical (unpaired) electrons. The summed E-state index contributed by atoms with van der Waals surface area (Å²) < 4.78 is 11.2. The number of ether oxygens (including phenoxy) is 2. The van der Waals surface area contributed by atoms with E-state index in [1.54, 1.807) is 17.4 Å². The van der Waals surface area contributed by atoms with E-state index in [0.717, 1.165) is 10.7 Å². The Kier molecular flexibility index (Phi) is 3.79. The lowest BCUT2D eigenvalue weighted by Gasteiger charge is -2.25. The number of carbonyl (C=O) groups is 1. The van der Waals surface area contributed by atoms with Crippen molar-refractivity contribution in [3.63, 3.8) is 0 Å². The number of fused-ring (bicyclic) bond motifs is 1. The Bertz CT molecular complexity index is 649. The van der Waals surface area contributed by atoms with Gasteiger partial charge >= 0.3 is 0 Å². The summed E-state index contributed by atoms with van der Waals surface area (Å²) in [7, 11) is 0. The van der Waals surface area contributed by atoms with Crippen LogP contribution in [0.15, 0.2) is 24.3 Å². The number of carbonyl (C=O) groups excluding carboxylic acids is 1. The molecule has 5 nitrogen and oxygen atoms in total. The van der Waals surface area contributed by atoms with Crippen molar-refractivity contribution >= 4 is 17.2 Å². The summed E-state index contributed by atoms with van der Waals surface area (Å²) in [5, 5.41) is 3.74. The van der Waals surface area contributed by atoms with Crippen molar-refractivity contribution in [3.8, 4) is 11.5 Å². The molecule has 0 saturated carbocycles. The van der Waals surface area contributed by atoms with Crippen LogP contribution < -0.4 is 14.8 Å². The molecule has 6 heteroatoms. The Balaban J connectivity index is 1.59. The van der Waals surface area contributed by atoms with Gasteiger partial charge in [-0.15, -0.1) is 11.3 Å². The zero-order chi connectivity index (χ0) is 14.8. The van der Waals surface area contributed by atoms with E-state index in [-0.39, 0.29) is 12.5 Å². The molecule has 0 aliphatic carbocycles. The minimum atomic E-state index is -0.623. The second kappa shape index (κ2) is 5.73. The van der Waals surface area contributed by atoms with Crippen LogP contribution >= 0.6 is 11.3 Å². The van der Waals surface area contributed by atoms with Gasteiger partial charge in [-0.25, -0.2) is 4.98 Å². The highest BCUT2D eigenvalue weighted by Gasteiger charge is 2.27. The number of benzene rings is 1. The predicted molar refractivity (Wildman–Crippen MR) is 79.8 cm³/mol. The van der Waals surface area contributed by atoms with E-state index in [0.29, 0.717) is 18.0 Å². The molecule has 1 atom stereocenters. The van der Waals surface area contributed by atoms with Crippen LogP contribution in [0, 0.1) is 13.8 Å². The number of aryl methyl sites for hydroxylation is 2. The maximum Gasteiger partial charge on any atom is 0.265 e. The van der Waals surface area contributed by atoms with Gasteiger partial charge < -0.3 is 14.8 Å². The van der Waals surface area contributed by atoms with Crippen molar-refractivity contribution < 1.29 is 14.3 Å². The molecule has 2 heterocycles. The van der Waals surface area contributed by atoms with Gasteiger partial charge in [0.25, 0.3) is 5.91 Å². The van der Waals surface area contributed by atoms with Crippen LogP contribution in [0.25, 0.3) is 0 Å². The van der Waals surface area contributed by atoms with Gasteiger partial charge in [-0.05, 0) is 26.0 Å². The highest BCUT2D eigenvalue weighted by molar-refractivity contribution is 7.11. The maximum atomic E-state index is 12.1. The molecule has 3 rings (SSSR count). The normalized spacial score (nSPS) is 16.6. The lowest BCUT2D eigenvalue weighted by molar-refractivity contribution is -0.130. The first-order valence-electron chi connectivity index (χ1n) is 6.72. The third kappa shape index (κ3) is 3.00. The van der Waals surface area contributed by atoms with E-state index >= 15 is 0 Å². The summed E-state index contributed by atoms with van der Waals surface area (Å²) in [5.74, 6) is 1.09. The van der Waals surface area contributed by atoms with Crippen LogP contribution in [-0.2, 0) is 11.3 Å². The van der Waals surface area contributed by atoms with Crippen molar-refractivity contribution in [2.24, 2.45) is 0 Å². The third-order valence-electron chi connectivity index (χ3n) is 3.29. The van der Waals surface area contributed by atoms with Crippen molar-refractivity contribution in [1.82, 2.24) is 10.3 Å². The minimum Gasteiger partial charge on any atom is -0.485 e. The van der Waals surface area contributed by atoms with Gasteiger partial charge in [-0.1, -0.05) is 12.1 Å². The number of hydrogen-bond donors (Lipinski definition) is 1.